The van der Waals surface area contributed by atoms with E-state index >= 15 is 0 Å². The predicted molar refractivity (Wildman–Crippen MR) is 70.7 cm³/mol. The molecule has 1 saturated carbocycles. The van der Waals surface area contributed by atoms with E-state index in [1.165, 1.54) is 23.6 Å². The van der Waals surface area contributed by atoms with Crippen LogP contribution in [0.5, 0.6) is 0 Å². The second-order valence-corrected chi connectivity index (χ2v) is 5.30. The van der Waals surface area contributed by atoms with Gasteiger partial charge in [-0.25, -0.2) is 4.98 Å². The highest BCUT2D eigenvalue weighted by atomic mass is 79.9. The van der Waals surface area contributed by atoms with Crippen molar-refractivity contribution in [1.82, 2.24) is 4.98 Å². The highest BCUT2D eigenvalue weighted by Gasteiger charge is 2.20. The first kappa shape index (κ1) is 10.1. The molecule has 0 aliphatic heterocycles. The Hall–Kier alpha value is -1.09. The Balaban J connectivity index is 1.87. The van der Waals surface area contributed by atoms with Gasteiger partial charge in [-0.15, -0.1) is 0 Å². The van der Waals surface area contributed by atoms with Crippen LogP contribution in [0.2, 0.25) is 0 Å². The zero-order valence-electron chi connectivity index (χ0n) is 8.91. The summed E-state index contributed by atoms with van der Waals surface area (Å²) in [5.41, 5.74) is 0. The molecular formula is C13H13BrN2. The van der Waals surface area contributed by atoms with Crippen molar-refractivity contribution in [2.75, 3.05) is 11.9 Å². The van der Waals surface area contributed by atoms with Gasteiger partial charge in [0.25, 0.3) is 0 Å². The zero-order chi connectivity index (χ0) is 11.0. The number of nitrogens with zero attached hydrogens (tertiary/aromatic N) is 1. The number of hydrogen-bond acceptors (Lipinski definition) is 2. The standard InChI is InChI=1S/C13H13BrN2/c14-12-4-3-10-8-16-13(6-11(10)5-12)15-7-9-1-2-9/h3-6,8-9H,1-2,7H2,(H,15,16). The summed E-state index contributed by atoms with van der Waals surface area (Å²) in [5.74, 6) is 1.86. The third kappa shape index (κ3) is 2.19. The number of aromatic nitrogens is 1. The van der Waals surface area contributed by atoms with Crippen molar-refractivity contribution >= 4 is 32.5 Å². The molecular weight excluding hydrogens is 264 g/mol. The Morgan fingerprint density at radius 3 is 2.94 bits per heavy atom. The van der Waals surface area contributed by atoms with Gasteiger partial charge < -0.3 is 5.32 Å². The number of hydrogen-bond donors (Lipinski definition) is 1. The Morgan fingerprint density at radius 1 is 1.25 bits per heavy atom. The number of rotatable bonds is 3. The second-order valence-electron chi connectivity index (χ2n) is 4.39. The summed E-state index contributed by atoms with van der Waals surface area (Å²) in [6, 6.07) is 8.36. The first-order valence-corrected chi connectivity index (χ1v) is 6.40. The fourth-order valence-corrected chi connectivity index (χ4v) is 2.16. The molecule has 0 saturated heterocycles. The van der Waals surface area contributed by atoms with Gasteiger partial charge >= 0.3 is 0 Å². The molecule has 1 fully saturated rings. The maximum atomic E-state index is 4.41. The van der Waals surface area contributed by atoms with E-state index in [9.17, 15) is 0 Å². The van der Waals surface area contributed by atoms with Gasteiger partial charge in [0.15, 0.2) is 0 Å². The Bertz CT molecular complexity index is 520. The highest BCUT2D eigenvalue weighted by Crippen LogP contribution is 2.29. The maximum absolute atomic E-state index is 4.41. The highest BCUT2D eigenvalue weighted by molar-refractivity contribution is 9.10. The Kier molecular flexibility index (Phi) is 2.56. The van der Waals surface area contributed by atoms with Crippen LogP contribution in [0.1, 0.15) is 12.8 Å². The number of fused-ring (bicyclic) bond motifs is 1. The molecule has 1 aromatic heterocycles. The SMILES string of the molecule is Brc1ccc2cnc(NCC3CC3)cc2c1. The van der Waals surface area contributed by atoms with E-state index in [2.05, 4.69) is 44.4 Å². The fourth-order valence-electron chi connectivity index (χ4n) is 1.78. The van der Waals surface area contributed by atoms with Crippen LogP contribution in [0.3, 0.4) is 0 Å². The second kappa shape index (κ2) is 4.06. The third-order valence-corrected chi connectivity index (χ3v) is 3.45. The van der Waals surface area contributed by atoms with Crippen LogP contribution in [-0.4, -0.2) is 11.5 Å². The molecule has 1 aliphatic rings. The van der Waals surface area contributed by atoms with Gasteiger partial charge in [-0.05, 0) is 42.3 Å². The molecule has 82 valence electrons. The normalized spacial score (nSPS) is 15.3. The summed E-state index contributed by atoms with van der Waals surface area (Å²) in [7, 11) is 0. The predicted octanol–water partition coefficient (Wildman–Crippen LogP) is 3.82. The molecule has 0 spiro atoms. The lowest BCUT2D eigenvalue weighted by atomic mass is 10.2. The third-order valence-electron chi connectivity index (χ3n) is 2.95. The van der Waals surface area contributed by atoms with Gasteiger partial charge in [0.1, 0.15) is 5.82 Å². The van der Waals surface area contributed by atoms with Crippen LogP contribution in [0.4, 0.5) is 5.82 Å². The van der Waals surface area contributed by atoms with E-state index in [0.29, 0.717) is 0 Å². The van der Waals surface area contributed by atoms with E-state index in [0.717, 1.165) is 22.8 Å². The molecule has 2 aromatic rings. The summed E-state index contributed by atoms with van der Waals surface area (Å²) in [5, 5.41) is 5.80. The van der Waals surface area contributed by atoms with Crippen LogP contribution in [0.25, 0.3) is 10.8 Å². The minimum Gasteiger partial charge on any atom is -0.370 e. The van der Waals surface area contributed by atoms with Crippen molar-refractivity contribution in [3.05, 3.63) is 34.9 Å². The van der Waals surface area contributed by atoms with Crippen molar-refractivity contribution in [2.24, 2.45) is 5.92 Å². The van der Waals surface area contributed by atoms with E-state index in [1.54, 1.807) is 0 Å². The smallest absolute Gasteiger partial charge is 0.126 e. The molecule has 2 nitrogen and oxygen atoms in total. The first-order valence-electron chi connectivity index (χ1n) is 5.60. The van der Waals surface area contributed by atoms with Crippen molar-refractivity contribution in [3.8, 4) is 0 Å². The lowest BCUT2D eigenvalue weighted by molar-refractivity contribution is 0.883. The summed E-state index contributed by atoms with van der Waals surface area (Å²) in [4.78, 5) is 4.41. The summed E-state index contributed by atoms with van der Waals surface area (Å²) in [6.07, 6.45) is 4.66. The van der Waals surface area contributed by atoms with Crippen molar-refractivity contribution < 1.29 is 0 Å². The van der Waals surface area contributed by atoms with Crippen LogP contribution in [0.15, 0.2) is 34.9 Å². The van der Waals surface area contributed by atoms with Gasteiger partial charge in [0.05, 0.1) is 0 Å². The van der Waals surface area contributed by atoms with Gasteiger partial charge in [-0.3, -0.25) is 0 Å². The molecule has 1 aromatic carbocycles. The molecule has 0 amide bonds. The molecule has 3 rings (SSSR count). The number of anilines is 1. The van der Waals surface area contributed by atoms with Crippen LogP contribution in [-0.2, 0) is 0 Å². The van der Waals surface area contributed by atoms with Gasteiger partial charge in [-0.1, -0.05) is 22.0 Å². The Morgan fingerprint density at radius 2 is 2.12 bits per heavy atom. The molecule has 1 heterocycles. The maximum Gasteiger partial charge on any atom is 0.126 e. The van der Waals surface area contributed by atoms with E-state index in [1.807, 2.05) is 12.3 Å². The summed E-state index contributed by atoms with van der Waals surface area (Å²) in [6.45, 7) is 1.06. The minimum atomic E-state index is 0.875. The van der Waals surface area contributed by atoms with Crippen molar-refractivity contribution in [3.63, 3.8) is 0 Å². The largest absolute Gasteiger partial charge is 0.370 e. The van der Waals surface area contributed by atoms with Gasteiger partial charge in [0, 0.05) is 22.6 Å². The van der Waals surface area contributed by atoms with E-state index in [-0.39, 0.29) is 0 Å². The zero-order valence-corrected chi connectivity index (χ0v) is 10.5. The van der Waals surface area contributed by atoms with E-state index in [4.69, 9.17) is 0 Å². The van der Waals surface area contributed by atoms with Crippen LogP contribution >= 0.6 is 15.9 Å². The quantitative estimate of drug-likeness (QED) is 0.922. The number of nitrogens with one attached hydrogen (secondary N) is 1. The average molecular weight is 277 g/mol. The number of pyridine rings is 1. The van der Waals surface area contributed by atoms with Crippen molar-refractivity contribution in [1.29, 1.82) is 0 Å². The molecule has 3 heteroatoms. The molecule has 0 atom stereocenters. The molecule has 0 unspecified atom stereocenters. The van der Waals surface area contributed by atoms with E-state index < -0.39 is 0 Å². The van der Waals surface area contributed by atoms with Gasteiger partial charge in [0.2, 0.25) is 0 Å². The van der Waals surface area contributed by atoms with Crippen LogP contribution in [0, 0.1) is 5.92 Å². The molecule has 1 N–H and O–H groups in total. The van der Waals surface area contributed by atoms with Crippen LogP contribution < -0.4 is 5.32 Å². The number of halogens is 1. The summed E-state index contributed by atoms with van der Waals surface area (Å²) >= 11 is 3.49. The monoisotopic (exact) mass is 276 g/mol. The average Bonchev–Trinajstić information content (AvgIpc) is 3.09. The molecule has 0 radical (unpaired) electrons. The van der Waals surface area contributed by atoms with Gasteiger partial charge in [-0.2, -0.15) is 0 Å². The number of benzene rings is 1. The Labute approximate surface area is 103 Å². The topological polar surface area (TPSA) is 24.9 Å². The lowest BCUT2D eigenvalue weighted by Crippen LogP contribution is -2.04. The molecule has 16 heavy (non-hydrogen) atoms. The molecule has 0 bridgehead atoms. The first-order chi connectivity index (χ1) is 7.81. The molecule has 1 aliphatic carbocycles. The fraction of sp³-hybridized carbons (Fsp3) is 0.308. The minimum absolute atomic E-state index is 0.875. The lowest BCUT2D eigenvalue weighted by Gasteiger charge is -2.05. The summed E-state index contributed by atoms with van der Waals surface area (Å²) < 4.78 is 1.11. The van der Waals surface area contributed by atoms with Crippen molar-refractivity contribution in [2.45, 2.75) is 12.8 Å².